The molecule has 1 aromatic heterocycles. The van der Waals surface area contributed by atoms with Crippen molar-refractivity contribution >= 4 is 17.4 Å². The SMILES string of the molecule is CC1(C)CC(=O)c2c(C(F)(F)F)nn(-c3ccc(C(N)=O)c(NC4CCCCC4N)c3)c2C1. The number of fused-ring (bicyclic) bond motifs is 1. The van der Waals surface area contributed by atoms with Gasteiger partial charge in [-0.05, 0) is 42.9 Å². The summed E-state index contributed by atoms with van der Waals surface area (Å²) in [5.41, 5.74) is 10.8. The van der Waals surface area contributed by atoms with Gasteiger partial charge in [0.15, 0.2) is 11.5 Å². The Morgan fingerprint density at radius 2 is 1.91 bits per heavy atom. The minimum Gasteiger partial charge on any atom is -0.380 e. The summed E-state index contributed by atoms with van der Waals surface area (Å²) in [6.45, 7) is 3.68. The lowest BCUT2D eigenvalue weighted by molar-refractivity contribution is -0.141. The van der Waals surface area contributed by atoms with E-state index in [1.807, 2.05) is 13.8 Å². The second-order valence-electron chi connectivity index (χ2n) is 9.81. The van der Waals surface area contributed by atoms with Crippen LogP contribution in [0.25, 0.3) is 5.69 Å². The van der Waals surface area contributed by atoms with Crippen LogP contribution in [0, 0.1) is 5.41 Å². The van der Waals surface area contributed by atoms with E-state index in [4.69, 9.17) is 11.5 Å². The number of nitrogens with two attached hydrogens (primary N) is 2. The van der Waals surface area contributed by atoms with Crippen molar-refractivity contribution in [2.24, 2.45) is 16.9 Å². The molecule has 1 amide bonds. The molecule has 0 spiro atoms. The third kappa shape index (κ3) is 4.48. The van der Waals surface area contributed by atoms with E-state index in [1.54, 1.807) is 6.07 Å². The molecule has 1 fully saturated rings. The van der Waals surface area contributed by atoms with Gasteiger partial charge in [-0.2, -0.15) is 18.3 Å². The number of anilines is 1. The summed E-state index contributed by atoms with van der Waals surface area (Å²) in [6, 6.07) is 4.30. The molecule has 2 aliphatic rings. The monoisotopic (exact) mass is 463 g/mol. The van der Waals surface area contributed by atoms with Crippen molar-refractivity contribution in [2.45, 2.75) is 70.6 Å². The van der Waals surface area contributed by atoms with Gasteiger partial charge in [-0.3, -0.25) is 9.59 Å². The smallest absolute Gasteiger partial charge is 0.380 e. The molecule has 33 heavy (non-hydrogen) atoms. The molecule has 2 aromatic rings. The number of carbonyl (C=O) groups excluding carboxylic acids is 2. The highest BCUT2D eigenvalue weighted by Gasteiger charge is 2.45. The van der Waals surface area contributed by atoms with E-state index in [0.29, 0.717) is 11.4 Å². The quantitative estimate of drug-likeness (QED) is 0.637. The maximum Gasteiger partial charge on any atom is 0.435 e. The Labute approximate surface area is 189 Å². The van der Waals surface area contributed by atoms with Gasteiger partial charge in [-0.15, -0.1) is 0 Å². The molecule has 10 heteroatoms. The summed E-state index contributed by atoms with van der Waals surface area (Å²) in [5, 5.41) is 7.11. The zero-order chi connectivity index (χ0) is 24.1. The Morgan fingerprint density at radius 1 is 1.21 bits per heavy atom. The molecule has 0 aliphatic heterocycles. The highest BCUT2D eigenvalue weighted by molar-refractivity contribution is 6.00. The standard InChI is InChI=1S/C23H28F3N5O2/c1-22(2)10-17-19(18(32)11-22)20(23(24,25)26)30-31(17)12-7-8-13(21(28)33)16(9-12)29-15-6-4-3-5-14(15)27/h7-9,14-15,29H,3-6,10-11,27H2,1-2H3,(H2,28,33). The molecule has 0 saturated heterocycles. The highest BCUT2D eigenvalue weighted by atomic mass is 19.4. The molecule has 2 unspecified atom stereocenters. The van der Waals surface area contributed by atoms with Gasteiger partial charge in [0.2, 0.25) is 0 Å². The fraction of sp³-hybridized carbons (Fsp3) is 0.522. The number of halogens is 3. The third-order valence-corrected chi connectivity index (χ3v) is 6.49. The summed E-state index contributed by atoms with van der Waals surface area (Å²) in [7, 11) is 0. The minimum atomic E-state index is -4.77. The number of amides is 1. The molecular formula is C23H28F3N5O2. The van der Waals surface area contributed by atoms with E-state index in [2.05, 4.69) is 10.4 Å². The Morgan fingerprint density at radius 3 is 2.55 bits per heavy atom. The first-order valence-electron chi connectivity index (χ1n) is 11.1. The van der Waals surface area contributed by atoms with Crippen molar-refractivity contribution in [3.05, 3.63) is 40.7 Å². The number of alkyl halides is 3. The lowest BCUT2D eigenvalue weighted by Gasteiger charge is -2.31. The summed E-state index contributed by atoms with van der Waals surface area (Å²) in [5.74, 6) is -1.23. The van der Waals surface area contributed by atoms with Crippen LogP contribution in [0.2, 0.25) is 0 Å². The van der Waals surface area contributed by atoms with E-state index in [-0.39, 0.29) is 41.7 Å². The first-order valence-corrected chi connectivity index (χ1v) is 11.1. The Bertz CT molecular complexity index is 1110. The number of nitrogens with zero attached hydrogens (tertiary/aromatic N) is 2. The van der Waals surface area contributed by atoms with Crippen LogP contribution in [0.5, 0.6) is 0 Å². The number of primary amides is 1. The van der Waals surface area contributed by atoms with Gasteiger partial charge in [0.1, 0.15) is 0 Å². The first-order chi connectivity index (χ1) is 15.4. The molecule has 5 N–H and O–H groups in total. The van der Waals surface area contributed by atoms with E-state index in [0.717, 1.165) is 25.7 Å². The zero-order valence-corrected chi connectivity index (χ0v) is 18.6. The molecule has 2 atom stereocenters. The average molecular weight is 464 g/mol. The Balaban J connectivity index is 1.84. The predicted molar refractivity (Wildman–Crippen MR) is 117 cm³/mol. The Hall–Kier alpha value is -2.88. The van der Waals surface area contributed by atoms with Crippen LogP contribution >= 0.6 is 0 Å². The van der Waals surface area contributed by atoms with Crippen LogP contribution in [-0.4, -0.2) is 33.6 Å². The Kier molecular flexibility index (Phi) is 5.76. The van der Waals surface area contributed by atoms with E-state index < -0.39 is 29.0 Å². The summed E-state index contributed by atoms with van der Waals surface area (Å²) in [6.07, 6.45) is -0.854. The first kappa shape index (κ1) is 23.3. The molecule has 178 valence electrons. The van der Waals surface area contributed by atoms with Crippen LogP contribution in [0.1, 0.15) is 78.1 Å². The fourth-order valence-electron chi connectivity index (χ4n) is 4.90. The molecule has 0 bridgehead atoms. The van der Waals surface area contributed by atoms with Crippen molar-refractivity contribution in [1.82, 2.24) is 9.78 Å². The van der Waals surface area contributed by atoms with Gasteiger partial charge in [0.05, 0.1) is 22.5 Å². The molecule has 0 radical (unpaired) electrons. The lowest BCUT2D eigenvalue weighted by Crippen LogP contribution is -2.43. The molecule has 4 rings (SSSR count). The van der Waals surface area contributed by atoms with E-state index >= 15 is 0 Å². The normalized spacial score (nSPS) is 22.7. The second-order valence-corrected chi connectivity index (χ2v) is 9.81. The number of nitrogens with one attached hydrogen (secondary N) is 1. The van der Waals surface area contributed by atoms with Crippen molar-refractivity contribution in [3.8, 4) is 5.69 Å². The molecule has 1 heterocycles. The highest BCUT2D eigenvalue weighted by Crippen LogP contribution is 2.42. The van der Waals surface area contributed by atoms with Gasteiger partial charge in [-0.25, -0.2) is 4.68 Å². The van der Waals surface area contributed by atoms with Crippen LogP contribution in [0.4, 0.5) is 18.9 Å². The number of hydrogen-bond acceptors (Lipinski definition) is 5. The lowest BCUT2D eigenvalue weighted by atomic mass is 9.75. The van der Waals surface area contributed by atoms with Crippen LogP contribution in [-0.2, 0) is 12.6 Å². The maximum atomic E-state index is 13.8. The van der Waals surface area contributed by atoms with Crippen molar-refractivity contribution < 1.29 is 22.8 Å². The van der Waals surface area contributed by atoms with Gasteiger partial charge < -0.3 is 16.8 Å². The number of carbonyl (C=O) groups is 2. The number of rotatable bonds is 4. The molecule has 1 saturated carbocycles. The fourth-order valence-corrected chi connectivity index (χ4v) is 4.90. The predicted octanol–water partition coefficient (Wildman–Crippen LogP) is 3.83. The number of ketones is 1. The second kappa shape index (κ2) is 8.16. The summed E-state index contributed by atoms with van der Waals surface area (Å²) >= 11 is 0. The zero-order valence-electron chi connectivity index (χ0n) is 18.6. The number of hydrogen-bond donors (Lipinski definition) is 3. The van der Waals surface area contributed by atoms with Gasteiger partial charge in [-0.1, -0.05) is 26.7 Å². The van der Waals surface area contributed by atoms with E-state index in [1.165, 1.54) is 16.8 Å². The van der Waals surface area contributed by atoms with Gasteiger partial charge in [0.25, 0.3) is 5.91 Å². The van der Waals surface area contributed by atoms with Crippen LogP contribution in [0.3, 0.4) is 0 Å². The largest absolute Gasteiger partial charge is 0.435 e. The van der Waals surface area contributed by atoms with Crippen molar-refractivity contribution in [2.75, 3.05) is 5.32 Å². The topological polar surface area (TPSA) is 116 Å². The van der Waals surface area contributed by atoms with Crippen molar-refractivity contribution in [3.63, 3.8) is 0 Å². The summed E-state index contributed by atoms with van der Waals surface area (Å²) in [4.78, 5) is 24.7. The molecule has 1 aromatic carbocycles. The number of benzene rings is 1. The van der Waals surface area contributed by atoms with Crippen LogP contribution < -0.4 is 16.8 Å². The molecular weight excluding hydrogens is 435 g/mol. The average Bonchev–Trinajstić information content (AvgIpc) is 3.08. The third-order valence-electron chi connectivity index (χ3n) is 6.49. The minimum absolute atomic E-state index is 0.0156. The van der Waals surface area contributed by atoms with Gasteiger partial charge in [0, 0.05) is 24.2 Å². The number of aromatic nitrogens is 2. The van der Waals surface area contributed by atoms with Crippen LogP contribution in [0.15, 0.2) is 18.2 Å². The van der Waals surface area contributed by atoms with Crippen molar-refractivity contribution in [1.29, 1.82) is 0 Å². The summed E-state index contributed by atoms with van der Waals surface area (Å²) < 4.78 is 42.4. The molecule has 2 aliphatic carbocycles. The maximum absolute atomic E-state index is 13.8. The van der Waals surface area contributed by atoms with Gasteiger partial charge >= 0.3 is 6.18 Å². The molecule has 7 nitrogen and oxygen atoms in total. The number of Topliss-reactive ketones (excluding diaryl/α,β-unsaturated/α-hetero) is 1. The van der Waals surface area contributed by atoms with E-state index in [9.17, 15) is 22.8 Å².